The maximum absolute atomic E-state index is 6.14. The summed E-state index contributed by atoms with van der Waals surface area (Å²) in [5.74, 6) is 0.447. The Morgan fingerprint density at radius 1 is 1.45 bits per heavy atom. The maximum Gasteiger partial charge on any atom is 0.125 e. The molecule has 2 N–H and O–H groups in total. The molecule has 1 aliphatic heterocycles. The molecule has 1 fully saturated rings. The lowest BCUT2D eigenvalue weighted by molar-refractivity contribution is -0.112. The molecule has 2 aliphatic rings. The number of hydrogen-bond acceptors (Lipinski definition) is 5. The van der Waals surface area contributed by atoms with E-state index in [4.69, 9.17) is 20.2 Å². The first-order chi connectivity index (χ1) is 9.79. The number of thiazole rings is 1. The van der Waals surface area contributed by atoms with E-state index in [2.05, 4.69) is 6.92 Å². The summed E-state index contributed by atoms with van der Waals surface area (Å²) < 4.78 is 11.7. The van der Waals surface area contributed by atoms with Crippen molar-refractivity contribution < 1.29 is 9.47 Å². The number of nitrogens with two attached hydrogens (primary N) is 1. The van der Waals surface area contributed by atoms with Crippen LogP contribution in [0.15, 0.2) is 0 Å². The van der Waals surface area contributed by atoms with Crippen LogP contribution in [-0.2, 0) is 21.5 Å². The van der Waals surface area contributed by atoms with Gasteiger partial charge in [-0.3, -0.25) is 0 Å². The van der Waals surface area contributed by atoms with Crippen molar-refractivity contribution in [3.05, 3.63) is 15.6 Å². The fourth-order valence-electron chi connectivity index (χ4n) is 3.33. The first kappa shape index (κ1) is 14.4. The third-order valence-electron chi connectivity index (χ3n) is 4.47. The highest BCUT2D eigenvalue weighted by Crippen LogP contribution is 2.42. The molecular formula is C15H24N2O2S. The van der Waals surface area contributed by atoms with Crippen molar-refractivity contribution in [2.75, 3.05) is 26.4 Å². The summed E-state index contributed by atoms with van der Waals surface area (Å²) in [7, 11) is 0. The van der Waals surface area contributed by atoms with E-state index in [1.807, 2.05) is 11.3 Å². The number of aromatic nitrogens is 1. The molecule has 1 saturated heterocycles. The van der Waals surface area contributed by atoms with Gasteiger partial charge in [-0.25, -0.2) is 4.98 Å². The van der Waals surface area contributed by atoms with Gasteiger partial charge in [0.15, 0.2) is 0 Å². The van der Waals surface area contributed by atoms with E-state index >= 15 is 0 Å². The summed E-state index contributed by atoms with van der Waals surface area (Å²) in [6, 6.07) is 0. The second kappa shape index (κ2) is 6.10. The normalized spacial score (nSPS) is 25.4. The third-order valence-corrected chi connectivity index (χ3v) is 5.78. The van der Waals surface area contributed by atoms with Crippen LogP contribution in [0.4, 0.5) is 0 Å². The zero-order valence-corrected chi connectivity index (χ0v) is 13.0. The molecular weight excluding hydrogens is 272 g/mol. The van der Waals surface area contributed by atoms with Crippen LogP contribution in [0.2, 0.25) is 0 Å². The van der Waals surface area contributed by atoms with Crippen molar-refractivity contribution >= 4 is 11.3 Å². The number of aryl methyl sites for hydroxylation is 1. The number of rotatable bonds is 4. The van der Waals surface area contributed by atoms with E-state index in [9.17, 15) is 0 Å². The molecule has 2 heterocycles. The molecule has 1 aromatic heterocycles. The number of ether oxygens (including phenoxy) is 2. The van der Waals surface area contributed by atoms with Gasteiger partial charge < -0.3 is 15.2 Å². The zero-order valence-electron chi connectivity index (χ0n) is 12.2. The van der Waals surface area contributed by atoms with E-state index < -0.39 is 0 Å². The number of hydrogen-bond donors (Lipinski definition) is 1. The van der Waals surface area contributed by atoms with E-state index in [1.54, 1.807) is 0 Å². The minimum Gasteiger partial charge on any atom is -0.381 e. The average molecular weight is 296 g/mol. The smallest absolute Gasteiger partial charge is 0.125 e. The van der Waals surface area contributed by atoms with Gasteiger partial charge in [-0.1, -0.05) is 0 Å². The molecule has 0 saturated carbocycles. The number of nitrogens with zero attached hydrogens (tertiary/aromatic N) is 1. The lowest BCUT2D eigenvalue weighted by atomic mass is 9.90. The number of fused-ring (bicyclic) bond motifs is 1. The zero-order chi connectivity index (χ0) is 14.0. The molecule has 5 heteroatoms. The van der Waals surface area contributed by atoms with Crippen LogP contribution in [0.3, 0.4) is 0 Å². The lowest BCUT2D eigenvalue weighted by Gasteiger charge is -2.35. The topological polar surface area (TPSA) is 57.4 Å². The van der Waals surface area contributed by atoms with Crippen molar-refractivity contribution in [1.29, 1.82) is 0 Å². The second-order valence-corrected chi connectivity index (χ2v) is 6.78. The van der Waals surface area contributed by atoms with Gasteiger partial charge in [0.2, 0.25) is 0 Å². The summed E-state index contributed by atoms with van der Waals surface area (Å²) in [4.78, 5) is 6.41. The molecule has 0 spiro atoms. The second-order valence-electron chi connectivity index (χ2n) is 5.69. The molecule has 0 bridgehead atoms. The standard InChI is InChI=1S/C15H24N2O2S/c1-2-19-15(6-8-18-9-7-15)14-17-13-11(10-16)4-3-5-12(13)20-14/h11H,2-10,16H2,1H3. The van der Waals surface area contributed by atoms with Gasteiger partial charge in [0, 0.05) is 50.0 Å². The van der Waals surface area contributed by atoms with Gasteiger partial charge in [-0.05, 0) is 26.2 Å². The van der Waals surface area contributed by atoms with Crippen LogP contribution >= 0.6 is 11.3 Å². The average Bonchev–Trinajstić information content (AvgIpc) is 2.93. The Balaban J connectivity index is 1.94. The Bertz CT molecular complexity index is 449. The molecule has 3 rings (SSSR count). The van der Waals surface area contributed by atoms with Gasteiger partial charge in [-0.15, -0.1) is 11.3 Å². The molecule has 1 unspecified atom stereocenters. The van der Waals surface area contributed by atoms with Crippen LogP contribution in [0, 0.1) is 0 Å². The highest BCUT2D eigenvalue weighted by Gasteiger charge is 2.39. The van der Waals surface area contributed by atoms with Crippen molar-refractivity contribution in [2.45, 2.75) is 50.5 Å². The highest BCUT2D eigenvalue weighted by molar-refractivity contribution is 7.11. The van der Waals surface area contributed by atoms with Gasteiger partial charge in [0.25, 0.3) is 0 Å². The van der Waals surface area contributed by atoms with Crippen LogP contribution in [0.1, 0.15) is 54.1 Å². The molecule has 1 atom stereocenters. The van der Waals surface area contributed by atoms with Crippen molar-refractivity contribution in [3.63, 3.8) is 0 Å². The van der Waals surface area contributed by atoms with Crippen LogP contribution in [-0.4, -0.2) is 31.3 Å². The van der Waals surface area contributed by atoms with Crippen LogP contribution in [0.5, 0.6) is 0 Å². The van der Waals surface area contributed by atoms with Gasteiger partial charge >= 0.3 is 0 Å². The fourth-order valence-corrected chi connectivity index (χ4v) is 4.72. The molecule has 1 aromatic rings. The first-order valence-corrected chi connectivity index (χ1v) is 8.52. The lowest BCUT2D eigenvalue weighted by Crippen LogP contribution is -2.36. The SMILES string of the molecule is CCOC1(c2nc3c(s2)CCCC3CN)CCOCC1. The predicted octanol–water partition coefficient (Wildman–Crippen LogP) is 2.56. The minimum atomic E-state index is -0.214. The van der Waals surface area contributed by atoms with Gasteiger partial charge in [0.05, 0.1) is 5.69 Å². The Morgan fingerprint density at radius 2 is 2.25 bits per heavy atom. The first-order valence-electron chi connectivity index (χ1n) is 7.71. The predicted molar refractivity (Wildman–Crippen MR) is 80.2 cm³/mol. The van der Waals surface area contributed by atoms with E-state index in [0.717, 1.165) is 44.1 Å². The highest BCUT2D eigenvalue weighted by atomic mass is 32.1. The summed E-state index contributed by atoms with van der Waals surface area (Å²) in [6.45, 7) is 5.04. The van der Waals surface area contributed by atoms with Gasteiger partial charge in [-0.2, -0.15) is 0 Å². The van der Waals surface area contributed by atoms with E-state index in [-0.39, 0.29) is 5.60 Å². The third kappa shape index (κ3) is 2.52. The quantitative estimate of drug-likeness (QED) is 0.927. The monoisotopic (exact) mass is 296 g/mol. The molecule has 4 nitrogen and oxygen atoms in total. The van der Waals surface area contributed by atoms with E-state index in [0.29, 0.717) is 12.5 Å². The Morgan fingerprint density at radius 3 is 2.95 bits per heavy atom. The van der Waals surface area contributed by atoms with Crippen molar-refractivity contribution in [2.24, 2.45) is 5.73 Å². The summed E-state index contributed by atoms with van der Waals surface area (Å²) in [5.41, 5.74) is 6.95. The van der Waals surface area contributed by atoms with Crippen LogP contribution < -0.4 is 5.73 Å². The summed E-state index contributed by atoms with van der Waals surface area (Å²) in [5, 5.41) is 1.16. The van der Waals surface area contributed by atoms with E-state index in [1.165, 1.54) is 23.4 Å². The molecule has 20 heavy (non-hydrogen) atoms. The van der Waals surface area contributed by atoms with Crippen LogP contribution in [0.25, 0.3) is 0 Å². The maximum atomic E-state index is 6.14. The fraction of sp³-hybridized carbons (Fsp3) is 0.800. The Hall–Kier alpha value is -0.490. The Labute approximate surface area is 124 Å². The largest absolute Gasteiger partial charge is 0.381 e. The molecule has 0 radical (unpaired) electrons. The van der Waals surface area contributed by atoms with Gasteiger partial charge in [0.1, 0.15) is 10.6 Å². The summed E-state index contributed by atoms with van der Waals surface area (Å²) in [6.07, 6.45) is 5.40. The summed E-state index contributed by atoms with van der Waals surface area (Å²) >= 11 is 1.85. The molecule has 0 amide bonds. The Kier molecular flexibility index (Phi) is 4.40. The molecule has 1 aliphatic carbocycles. The van der Waals surface area contributed by atoms with Crippen molar-refractivity contribution in [1.82, 2.24) is 4.98 Å². The molecule has 0 aromatic carbocycles. The minimum absolute atomic E-state index is 0.214. The van der Waals surface area contributed by atoms with Crippen molar-refractivity contribution in [3.8, 4) is 0 Å². The molecule has 112 valence electrons.